The van der Waals surface area contributed by atoms with Crippen molar-refractivity contribution < 1.29 is 8.78 Å². The maximum absolute atomic E-state index is 12.2. The molecule has 0 bridgehead atoms. The quantitative estimate of drug-likeness (QED) is 0.712. The lowest BCUT2D eigenvalue weighted by molar-refractivity contribution is 0.0954. The second-order valence-electron chi connectivity index (χ2n) is 5.81. The number of nitrogens with one attached hydrogen (secondary N) is 1. The summed E-state index contributed by atoms with van der Waals surface area (Å²) in [6.45, 7) is 10.3. The van der Waals surface area contributed by atoms with Crippen molar-refractivity contribution in [3.63, 3.8) is 0 Å². The Kier molecular flexibility index (Phi) is 7.88. The average Bonchev–Trinajstić information content (AvgIpc) is 2.14. The van der Waals surface area contributed by atoms with E-state index in [0.29, 0.717) is 12.6 Å². The standard InChI is InChI=1S/C13H28F2N2/c1-6-8-16-11(13(2,3)4)7-9-17(5)10-12(14)15/h11-12,16H,6-10H2,1-5H3. The summed E-state index contributed by atoms with van der Waals surface area (Å²) in [4.78, 5) is 1.71. The Morgan fingerprint density at radius 2 is 1.82 bits per heavy atom. The Bertz CT molecular complexity index is 190. The van der Waals surface area contributed by atoms with Crippen molar-refractivity contribution in [2.75, 3.05) is 26.7 Å². The molecular formula is C13H28F2N2. The molecule has 2 nitrogen and oxygen atoms in total. The molecule has 0 rings (SSSR count). The van der Waals surface area contributed by atoms with E-state index in [-0.39, 0.29) is 12.0 Å². The summed E-state index contributed by atoms with van der Waals surface area (Å²) in [5.74, 6) is 0. The van der Waals surface area contributed by atoms with E-state index in [1.807, 2.05) is 0 Å². The van der Waals surface area contributed by atoms with Gasteiger partial charge >= 0.3 is 0 Å². The molecule has 1 unspecified atom stereocenters. The van der Waals surface area contributed by atoms with E-state index >= 15 is 0 Å². The Balaban J connectivity index is 4.07. The van der Waals surface area contributed by atoms with Crippen molar-refractivity contribution >= 4 is 0 Å². The number of hydrogen-bond donors (Lipinski definition) is 1. The predicted octanol–water partition coefficient (Wildman–Crippen LogP) is 2.99. The minimum absolute atomic E-state index is 0.134. The third-order valence-corrected chi connectivity index (χ3v) is 2.94. The largest absolute Gasteiger partial charge is 0.313 e. The van der Waals surface area contributed by atoms with Crippen LogP contribution in [0.2, 0.25) is 0 Å². The highest BCUT2D eigenvalue weighted by Gasteiger charge is 2.24. The molecule has 0 amide bonds. The molecule has 0 aromatic rings. The summed E-state index contributed by atoms with van der Waals surface area (Å²) in [6, 6.07) is 0.377. The van der Waals surface area contributed by atoms with Crippen molar-refractivity contribution in [2.45, 2.75) is 53.0 Å². The van der Waals surface area contributed by atoms with Crippen LogP contribution >= 0.6 is 0 Å². The molecule has 0 aliphatic rings. The van der Waals surface area contributed by atoms with Crippen molar-refractivity contribution in [2.24, 2.45) is 5.41 Å². The molecule has 1 N–H and O–H groups in total. The number of alkyl halides is 2. The third kappa shape index (κ3) is 8.50. The van der Waals surface area contributed by atoms with Crippen LogP contribution < -0.4 is 5.32 Å². The summed E-state index contributed by atoms with van der Waals surface area (Å²) < 4.78 is 24.4. The van der Waals surface area contributed by atoms with Gasteiger partial charge in [0.1, 0.15) is 0 Å². The van der Waals surface area contributed by atoms with E-state index in [4.69, 9.17) is 0 Å². The number of hydrogen-bond acceptors (Lipinski definition) is 2. The Labute approximate surface area is 105 Å². The van der Waals surface area contributed by atoms with E-state index < -0.39 is 6.43 Å². The Morgan fingerprint density at radius 3 is 2.24 bits per heavy atom. The van der Waals surface area contributed by atoms with Crippen LogP contribution in [-0.2, 0) is 0 Å². The second-order valence-corrected chi connectivity index (χ2v) is 5.81. The summed E-state index contributed by atoms with van der Waals surface area (Å²) in [5, 5.41) is 3.50. The van der Waals surface area contributed by atoms with Gasteiger partial charge in [0, 0.05) is 6.04 Å². The van der Waals surface area contributed by atoms with Gasteiger partial charge in [-0.25, -0.2) is 8.78 Å². The van der Waals surface area contributed by atoms with Crippen LogP contribution in [0.3, 0.4) is 0 Å². The van der Waals surface area contributed by atoms with Crippen molar-refractivity contribution in [3.05, 3.63) is 0 Å². The molecule has 0 heterocycles. The van der Waals surface area contributed by atoms with Gasteiger partial charge in [-0.15, -0.1) is 0 Å². The summed E-state index contributed by atoms with van der Waals surface area (Å²) in [5.41, 5.74) is 0.168. The minimum Gasteiger partial charge on any atom is -0.313 e. The van der Waals surface area contributed by atoms with Gasteiger partial charge in [-0.2, -0.15) is 0 Å². The van der Waals surface area contributed by atoms with Crippen LogP contribution in [0.25, 0.3) is 0 Å². The van der Waals surface area contributed by atoms with E-state index in [1.54, 1.807) is 11.9 Å². The fourth-order valence-corrected chi connectivity index (χ4v) is 1.84. The zero-order valence-electron chi connectivity index (χ0n) is 11.9. The molecule has 0 aromatic heterocycles. The molecule has 17 heavy (non-hydrogen) atoms. The first kappa shape index (κ1) is 16.8. The van der Waals surface area contributed by atoms with Gasteiger partial charge in [0.2, 0.25) is 0 Å². The summed E-state index contributed by atoms with van der Waals surface area (Å²) in [7, 11) is 1.76. The molecular weight excluding hydrogens is 222 g/mol. The molecule has 1 atom stereocenters. The van der Waals surface area contributed by atoms with Crippen LogP contribution in [-0.4, -0.2) is 44.0 Å². The molecule has 0 radical (unpaired) electrons. The Hall–Kier alpha value is -0.220. The second kappa shape index (κ2) is 7.98. The maximum atomic E-state index is 12.2. The third-order valence-electron chi connectivity index (χ3n) is 2.94. The molecule has 0 saturated carbocycles. The van der Waals surface area contributed by atoms with Gasteiger partial charge in [0.15, 0.2) is 0 Å². The first-order valence-corrected chi connectivity index (χ1v) is 6.47. The van der Waals surface area contributed by atoms with E-state index in [0.717, 1.165) is 19.4 Å². The van der Waals surface area contributed by atoms with Gasteiger partial charge in [0.25, 0.3) is 6.43 Å². The van der Waals surface area contributed by atoms with Crippen molar-refractivity contribution in [3.8, 4) is 0 Å². The molecule has 4 heteroatoms. The number of nitrogens with zero attached hydrogens (tertiary/aromatic N) is 1. The first-order valence-electron chi connectivity index (χ1n) is 6.47. The van der Waals surface area contributed by atoms with Crippen LogP contribution in [0.4, 0.5) is 8.78 Å². The van der Waals surface area contributed by atoms with Gasteiger partial charge in [-0.3, -0.25) is 0 Å². The number of rotatable bonds is 8. The SMILES string of the molecule is CCCNC(CCN(C)CC(F)F)C(C)(C)C. The fraction of sp³-hybridized carbons (Fsp3) is 1.00. The van der Waals surface area contributed by atoms with E-state index in [1.165, 1.54) is 0 Å². The van der Waals surface area contributed by atoms with E-state index in [2.05, 4.69) is 33.0 Å². The van der Waals surface area contributed by atoms with Crippen LogP contribution in [0.15, 0.2) is 0 Å². The zero-order valence-corrected chi connectivity index (χ0v) is 11.9. The lowest BCUT2D eigenvalue weighted by atomic mass is 9.84. The zero-order chi connectivity index (χ0) is 13.5. The highest BCUT2D eigenvalue weighted by atomic mass is 19.3. The van der Waals surface area contributed by atoms with Gasteiger partial charge in [-0.05, 0) is 38.4 Å². The fourth-order valence-electron chi connectivity index (χ4n) is 1.84. The molecule has 0 aliphatic carbocycles. The Morgan fingerprint density at radius 1 is 1.24 bits per heavy atom. The van der Waals surface area contributed by atoms with Crippen LogP contribution in [0.1, 0.15) is 40.5 Å². The first-order chi connectivity index (χ1) is 7.77. The monoisotopic (exact) mass is 250 g/mol. The number of halogens is 2. The smallest absolute Gasteiger partial charge is 0.251 e. The molecule has 104 valence electrons. The molecule has 0 aliphatic heterocycles. The minimum atomic E-state index is -2.24. The van der Waals surface area contributed by atoms with Gasteiger partial charge in [-0.1, -0.05) is 27.7 Å². The lowest BCUT2D eigenvalue weighted by Gasteiger charge is -2.33. The van der Waals surface area contributed by atoms with Crippen molar-refractivity contribution in [1.29, 1.82) is 0 Å². The highest BCUT2D eigenvalue weighted by Crippen LogP contribution is 2.22. The molecule has 0 spiro atoms. The maximum Gasteiger partial charge on any atom is 0.251 e. The lowest BCUT2D eigenvalue weighted by Crippen LogP contribution is -2.43. The van der Waals surface area contributed by atoms with Crippen molar-refractivity contribution in [1.82, 2.24) is 10.2 Å². The average molecular weight is 250 g/mol. The molecule has 0 aromatic carbocycles. The molecule has 0 saturated heterocycles. The van der Waals surface area contributed by atoms with E-state index in [9.17, 15) is 8.78 Å². The topological polar surface area (TPSA) is 15.3 Å². The normalized spacial score (nSPS) is 14.6. The van der Waals surface area contributed by atoms with Gasteiger partial charge in [0.05, 0.1) is 6.54 Å². The summed E-state index contributed by atoms with van der Waals surface area (Å²) >= 11 is 0. The van der Waals surface area contributed by atoms with Crippen LogP contribution in [0, 0.1) is 5.41 Å². The van der Waals surface area contributed by atoms with Crippen LogP contribution in [0.5, 0.6) is 0 Å². The highest BCUT2D eigenvalue weighted by molar-refractivity contribution is 4.81. The molecule has 0 fully saturated rings. The van der Waals surface area contributed by atoms with Gasteiger partial charge < -0.3 is 10.2 Å². The summed E-state index contributed by atoms with van der Waals surface area (Å²) in [6.07, 6.45) is -0.233. The predicted molar refractivity (Wildman–Crippen MR) is 69.7 cm³/mol.